The van der Waals surface area contributed by atoms with E-state index in [1.807, 2.05) is 38.2 Å². The number of hydrogen-bond acceptors (Lipinski definition) is 7. The average Bonchev–Trinajstić information content (AvgIpc) is 3.05. The van der Waals surface area contributed by atoms with Gasteiger partial charge in [0.15, 0.2) is 11.5 Å². The molecule has 0 spiro atoms. The highest BCUT2D eigenvalue weighted by Crippen LogP contribution is 2.32. The second-order valence-electron chi connectivity index (χ2n) is 6.69. The van der Waals surface area contributed by atoms with Crippen molar-refractivity contribution in [3.8, 4) is 11.5 Å². The number of aromatic nitrogens is 2. The SMILES string of the molecule is CNc1cc(C)nc(Nc2ccc(OC)c(OCC3CCN(C)C3)c2)n1. The molecule has 0 radical (unpaired) electrons. The van der Waals surface area contributed by atoms with Gasteiger partial charge in [-0.05, 0) is 39.1 Å². The predicted octanol–water partition coefficient (Wildman–Crippen LogP) is 2.91. The van der Waals surface area contributed by atoms with Crippen LogP contribution in [0, 0.1) is 12.8 Å². The molecule has 2 aromatic rings. The lowest BCUT2D eigenvalue weighted by atomic mass is 10.1. The van der Waals surface area contributed by atoms with E-state index in [4.69, 9.17) is 9.47 Å². The van der Waals surface area contributed by atoms with Crippen LogP contribution in [-0.2, 0) is 0 Å². The molecular weight excluding hydrogens is 330 g/mol. The molecule has 1 aromatic carbocycles. The number of nitrogens with one attached hydrogen (secondary N) is 2. The van der Waals surface area contributed by atoms with E-state index in [9.17, 15) is 0 Å². The van der Waals surface area contributed by atoms with Crippen LogP contribution in [0.3, 0.4) is 0 Å². The number of nitrogens with zero attached hydrogens (tertiary/aromatic N) is 3. The number of benzene rings is 1. The van der Waals surface area contributed by atoms with Gasteiger partial charge < -0.3 is 25.0 Å². The maximum absolute atomic E-state index is 6.06. The molecule has 1 aromatic heterocycles. The minimum Gasteiger partial charge on any atom is -0.493 e. The van der Waals surface area contributed by atoms with Crippen LogP contribution in [-0.4, -0.2) is 55.8 Å². The van der Waals surface area contributed by atoms with Crippen molar-refractivity contribution in [3.63, 3.8) is 0 Å². The number of aryl methyl sites for hydroxylation is 1. The number of rotatable bonds is 7. The molecule has 0 bridgehead atoms. The van der Waals surface area contributed by atoms with Gasteiger partial charge in [0.25, 0.3) is 0 Å². The van der Waals surface area contributed by atoms with Gasteiger partial charge in [-0.1, -0.05) is 0 Å². The maximum Gasteiger partial charge on any atom is 0.229 e. The van der Waals surface area contributed by atoms with E-state index in [1.165, 1.54) is 6.42 Å². The number of methoxy groups -OCH3 is 1. The monoisotopic (exact) mass is 357 g/mol. The molecule has 1 aliphatic rings. The van der Waals surface area contributed by atoms with Crippen molar-refractivity contribution in [2.75, 3.05) is 51.5 Å². The molecule has 2 heterocycles. The van der Waals surface area contributed by atoms with E-state index >= 15 is 0 Å². The summed E-state index contributed by atoms with van der Waals surface area (Å²) in [6, 6.07) is 7.65. The zero-order valence-electron chi connectivity index (χ0n) is 15.9. The van der Waals surface area contributed by atoms with Crippen LogP contribution in [0.1, 0.15) is 12.1 Å². The summed E-state index contributed by atoms with van der Waals surface area (Å²) in [5.74, 6) is 3.33. The third-order valence-electron chi connectivity index (χ3n) is 4.49. The Labute approximate surface area is 154 Å². The van der Waals surface area contributed by atoms with E-state index in [-0.39, 0.29) is 0 Å². The van der Waals surface area contributed by atoms with Crippen molar-refractivity contribution in [1.82, 2.24) is 14.9 Å². The molecule has 3 rings (SSSR count). The second-order valence-corrected chi connectivity index (χ2v) is 6.69. The Kier molecular flexibility index (Phi) is 5.78. The van der Waals surface area contributed by atoms with Crippen molar-refractivity contribution in [2.45, 2.75) is 13.3 Å². The molecule has 26 heavy (non-hydrogen) atoms. The topological polar surface area (TPSA) is 71.5 Å². The molecule has 0 amide bonds. The lowest BCUT2D eigenvalue weighted by Crippen LogP contribution is -2.18. The van der Waals surface area contributed by atoms with E-state index in [0.29, 0.717) is 18.5 Å². The van der Waals surface area contributed by atoms with Crippen LogP contribution in [0.5, 0.6) is 11.5 Å². The molecule has 1 fully saturated rings. The summed E-state index contributed by atoms with van der Waals surface area (Å²) >= 11 is 0. The Hall–Kier alpha value is -2.54. The van der Waals surface area contributed by atoms with Crippen molar-refractivity contribution in [2.24, 2.45) is 5.92 Å². The van der Waals surface area contributed by atoms with Gasteiger partial charge >= 0.3 is 0 Å². The summed E-state index contributed by atoms with van der Waals surface area (Å²) < 4.78 is 11.5. The summed E-state index contributed by atoms with van der Waals surface area (Å²) in [6.07, 6.45) is 1.17. The highest BCUT2D eigenvalue weighted by molar-refractivity contribution is 5.60. The largest absolute Gasteiger partial charge is 0.493 e. The second kappa shape index (κ2) is 8.23. The van der Waals surface area contributed by atoms with Crippen molar-refractivity contribution in [1.29, 1.82) is 0 Å². The van der Waals surface area contributed by atoms with E-state index in [1.54, 1.807) is 7.11 Å². The van der Waals surface area contributed by atoms with Gasteiger partial charge in [0.05, 0.1) is 13.7 Å². The number of hydrogen-bond donors (Lipinski definition) is 2. The van der Waals surface area contributed by atoms with Crippen LogP contribution < -0.4 is 20.1 Å². The van der Waals surface area contributed by atoms with Gasteiger partial charge in [0, 0.05) is 43.0 Å². The van der Waals surface area contributed by atoms with Crippen LogP contribution in [0.2, 0.25) is 0 Å². The number of anilines is 3. The van der Waals surface area contributed by atoms with Gasteiger partial charge in [0.1, 0.15) is 5.82 Å². The van der Waals surface area contributed by atoms with Crippen molar-refractivity contribution in [3.05, 3.63) is 30.0 Å². The van der Waals surface area contributed by atoms with Gasteiger partial charge in [-0.2, -0.15) is 4.98 Å². The number of ether oxygens (including phenoxy) is 2. The zero-order chi connectivity index (χ0) is 18.5. The molecule has 1 unspecified atom stereocenters. The summed E-state index contributed by atoms with van der Waals surface area (Å²) in [5, 5.41) is 6.28. The highest BCUT2D eigenvalue weighted by Gasteiger charge is 2.20. The van der Waals surface area contributed by atoms with Crippen LogP contribution in [0.4, 0.5) is 17.5 Å². The van der Waals surface area contributed by atoms with E-state index in [0.717, 1.165) is 41.8 Å². The van der Waals surface area contributed by atoms with E-state index < -0.39 is 0 Å². The van der Waals surface area contributed by atoms with Crippen molar-refractivity contribution < 1.29 is 9.47 Å². The third kappa shape index (κ3) is 4.54. The average molecular weight is 357 g/mol. The summed E-state index contributed by atoms with van der Waals surface area (Å²) in [4.78, 5) is 11.2. The standard InChI is InChI=1S/C19H27N5O2/c1-13-9-18(20-2)23-19(21-13)22-15-5-6-16(25-4)17(10-15)26-12-14-7-8-24(3)11-14/h5-6,9-10,14H,7-8,11-12H2,1-4H3,(H2,20,21,22,23). The van der Waals surface area contributed by atoms with Gasteiger partial charge in [0.2, 0.25) is 5.95 Å². The first-order chi connectivity index (χ1) is 12.6. The fourth-order valence-electron chi connectivity index (χ4n) is 3.12. The molecule has 0 aliphatic carbocycles. The van der Waals surface area contributed by atoms with Crippen LogP contribution in [0.25, 0.3) is 0 Å². The minimum atomic E-state index is 0.544. The first kappa shape index (κ1) is 18.3. The summed E-state index contributed by atoms with van der Waals surface area (Å²) in [7, 11) is 5.64. The Morgan fingerprint density at radius 1 is 1.23 bits per heavy atom. The van der Waals surface area contributed by atoms with E-state index in [2.05, 4.69) is 32.5 Å². The number of likely N-dealkylation sites (tertiary alicyclic amines) is 1. The first-order valence-electron chi connectivity index (χ1n) is 8.87. The molecule has 2 N–H and O–H groups in total. The lowest BCUT2D eigenvalue weighted by molar-refractivity contribution is 0.238. The van der Waals surface area contributed by atoms with Crippen LogP contribution >= 0.6 is 0 Å². The molecule has 1 aliphatic heterocycles. The fraction of sp³-hybridized carbons (Fsp3) is 0.474. The minimum absolute atomic E-state index is 0.544. The normalized spacial score (nSPS) is 17.2. The quantitative estimate of drug-likeness (QED) is 0.789. The molecule has 1 saturated heterocycles. The molecule has 7 heteroatoms. The summed E-state index contributed by atoms with van der Waals surface area (Å²) in [6.45, 7) is 4.83. The maximum atomic E-state index is 6.06. The Bertz CT molecular complexity index is 753. The smallest absolute Gasteiger partial charge is 0.229 e. The predicted molar refractivity (Wildman–Crippen MR) is 104 cm³/mol. The Balaban J connectivity index is 1.73. The van der Waals surface area contributed by atoms with Crippen molar-refractivity contribution >= 4 is 17.5 Å². The summed E-state index contributed by atoms with van der Waals surface area (Å²) in [5.41, 5.74) is 1.75. The van der Waals surface area contributed by atoms with Crippen LogP contribution in [0.15, 0.2) is 24.3 Å². The zero-order valence-corrected chi connectivity index (χ0v) is 15.9. The Morgan fingerprint density at radius 3 is 2.77 bits per heavy atom. The molecule has 1 atom stereocenters. The third-order valence-corrected chi connectivity index (χ3v) is 4.49. The molecule has 140 valence electrons. The lowest BCUT2D eigenvalue weighted by Gasteiger charge is -2.16. The first-order valence-corrected chi connectivity index (χ1v) is 8.87. The van der Waals surface area contributed by atoms with Gasteiger partial charge in [-0.25, -0.2) is 4.98 Å². The Morgan fingerprint density at radius 2 is 2.08 bits per heavy atom. The molecule has 0 saturated carbocycles. The van der Waals surface area contributed by atoms with Gasteiger partial charge in [-0.3, -0.25) is 0 Å². The highest BCUT2D eigenvalue weighted by atomic mass is 16.5. The fourth-order valence-corrected chi connectivity index (χ4v) is 3.12. The van der Waals surface area contributed by atoms with Gasteiger partial charge in [-0.15, -0.1) is 0 Å². The molecular formula is C19H27N5O2. The molecule has 7 nitrogen and oxygen atoms in total.